The smallest absolute Gasteiger partial charge is 0.171 e. The number of rotatable bonds is 2. The van der Waals surface area contributed by atoms with Crippen LogP contribution in [0.3, 0.4) is 0 Å². The first-order valence-electron chi connectivity index (χ1n) is 6.54. The summed E-state index contributed by atoms with van der Waals surface area (Å²) in [4.78, 5) is 0. The number of hydrogen-bond donors (Lipinski definition) is 1. The van der Waals surface area contributed by atoms with Gasteiger partial charge in [0.05, 0.1) is 12.7 Å². The number of methoxy groups -OCH3 is 1. The van der Waals surface area contributed by atoms with Crippen molar-refractivity contribution in [1.29, 1.82) is 0 Å². The van der Waals surface area contributed by atoms with Crippen LogP contribution < -0.4 is 4.74 Å². The number of halogens is 1. The van der Waals surface area contributed by atoms with Gasteiger partial charge in [-0.05, 0) is 37.2 Å². The van der Waals surface area contributed by atoms with Crippen LogP contribution in [0.5, 0.6) is 5.75 Å². The van der Waals surface area contributed by atoms with Gasteiger partial charge >= 0.3 is 0 Å². The molecule has 2 nitrogen and oxygen atoms in total. The molecule has 0 bridgehead atoms. The molecule has 0 spiro atoms. The third kappa shape index (κ3) is 2.12. The molecule has 3 unspecified atom stereocenters. The highest BCUT2D eigenvalue weighted by Gasteiger charge is 2.41. The summed E-state index contributed by atoms with van der Waals surface area (Å²) < 4.78 is 19.3. The summed E-state index contributed by atoms with van der Waals surface area (Å²) in [5, 5.41) is 10.8. The van der Waals surface area contributed by atoms with Crippen molar-refractivity contribution in [1.82, 2.24) is 0 Å². The quantitative estimate of drug-likeness (QED) is 0.873. The van der Waals surface area contributed by atoms with Gasteiger partial charge in [0.25, 0.3) is 0 Å². The lowest BCUT2D eigenvalue weighted by Gasteiger charge is -2.41. The lowest BCUT2D eigenvalue weighted by atomic mass is 9.69. The predicted molar refractivity (Wildman–Crippen MR) is 69.0 cm³/mol. The van der Waals surface area contributed by atoms with Crippen molar-refractivity contribution < 1.29 is 14.2 Å². The van der Waals surface area contributed by atoms with Crippen molar-refractivity contribution in [2.24, 2.45) is 11.8 Å². The van der Waals surface area contributed by atoms with Gasteiger partial charge in [0.2, 0.25) is 0 Å². The largest absolute Gasteiger partial charge is 0.494 e. The van der Waals surface area contributed by atoms with Gasteiger partial charge in [-0.2, -0.15) is 0 Å². The van der Waals surface area contributed by atoms with Gasteiger partial charge < -0.3 is 9.84 Å². The molecule has 0 aromatic heterocycles. The first-order chi connectivity index (χ1) is 8.49. The predicted octanol–water partition coefficient (Wildman–Crippen LogP) is 3.48. The minimum Gasteiger partial charge on any atom is -0.494 e. The van der Waals surface area contributed by atoms with E-state index in [0.29, 0.717) is 17.9 Å². The molecule has 1 aromatic rings. The summed E-state index contributed by atoms with van der Waals surface area (Å²) in [7, 11) is 1.44. The SMILES string of the molecule is COc1cccc(C2(O)CCC(C)CC2C)c1F. The van der Waals surface area contributed by atoms with Crippen LogP contribution in [-0.2, 0) is 5.60 Å². The van der Waals surface area contributed by atoms with E-state index in [4.69, 9.17) is 4.74 Å². The van der Waals surface area contributed by atoms with Crippen LogP contribution in [0, 0.1) is 17.7 Å². The van der Waals surface area contributed by atoms with Crippen LogP contribution in [-0.4, -0.2) is 12.2 Å². The molecule has 0 heterocycles. The Morgan fingerprint density at radius 1 is 1.39 bits per heavy atom. The standard InChI is InChI=1S/C15H21FO2/c1-10-7-8-15(17,11(2)9-10)12-5-4-6-13(18-3)14(12)16/h4-6,10-11,17H,7-9H2,1-3H3. The molecule has 1 aliphatic rings. The fraction of sp³-hybridized carbons (Fsp3) is 0.600. The maximum atomic E-state index is 14.3. The van der Waals surface area contributed by atoms with Gasteiger partial charge in [-0.25, -0.2) is 4.39 Å². The molecule has 1 aromatic carbocycles. The number of ether oxygens (including phenoxy) is 1. The summed E-state index contributed by atoms with van der Waals surface area (Å²) in [5.41, 5.74) is -0.688. The van der Waals surface area contributed by atoms with Crippen LogP contribution in [0.25, 0.3) is 0 Å². The fourth-order valence-corrected chi connectivity index (χ4v) is 3.03. The molecule has 1 saturated carbocycles. The highest BCUT2D eigenvalue weighted by molar-refractivity contribution is 5.35. The van der Waals surface area contributed by atoms with E-state index in [1.165, 1.54) is 7.11 Å². The summed E-state index contributed by atoms with van der Waals surface area (Å²) >= 11 is 0. The number of hydrogen-bond acceptors (Lipinski definition) is 2. The molecule has 100 valence electrons. The van der Waals surface area contributed by atoms with Crippen molar-refractivity contribution >= 4 is 0 Å². The molecule has 1 aliphatic carbocycles. The van der Waals surface area contributed by atoms with E-state index in [9.17, 15) is 9.50 Å². The van der Waals surface area contributed by atoms with Crippen molar-refractivity contribution in [3.05, 3.63) is 29.6 Å². The van der Waals surface area contributed by atoms with Crippen LogP contribution in [0.2, 0.25) is 0 Å². The molecular weight excluding hydrogens is 231 g/mol. The Morgan fingerprint density at radius 2 is 2.11 bits per heavy atom. The molecule has 18 heavy (non-hydrogen) atoms. The van der Waals surface area contributed by atoms with Crippen molar-refractivity contribution in [3.63, 3.8) is 0 Å². The Bertz CT molecular complexity index is 433. The summed E-state index contributed by atoms with van der Waals surface area (Å²) in [6.07, 6.45) is 2.46. The Hall–Kier alpha value is -1.09. The second-order valence-corrected chi connectivity index (χ2v) is 5.53. The molecular formula is C15H21FO2. The van der Waals surface area contributed by atoms with E-state index in [1.54, 1.807) is 18.2 Å². The van der Waals surface area contributed by atoms with Gasteiger partial charge in [0, 0.05) is 5.56 Å². The first kappa shape index (κ1) is 13.3. The molecule has 3 atom stereocenters. The van der Waals surface area contributed by atoms with Crippen LogP contribution in [0.4, 0.5) is 4.39 Å². The summed E-state index contributed by atoms with van der Waals surface area (Å²) in [6.45, 7) is 4.17. The molecule has 0 amide bonds. The molecule has 3 heteroatoms. The van der Waals surface area contributed by atoms with Gasteiger partial charge in [-0.3, -0.25) is 0 Å². The van der Waals surface area contributed by atoms with Gasteiger partial charge in [0.15, 0.2) is 11.6 Å². The summed E-state index contributed by atoms with van der Waals surface area (Å²) in [5.74, 6) is 0.424. The highest BCUT2D eigenvalue weighted by atomic mass is 19.1. The van der Waals surface area contributed by atoms with Gasteiger partial charge in [0.1, 0.15) is 0 Å². The minimum absolute atomic E-state index is 0.0582. The van der Waals surface area contributed by atoms with Crippen LogP contribution in [0.15, 0.2) is 18.2 Å². The van der Waals surface area contributed by atoms with Crippen molar-refractivity contribution in [2.75, 3.05) is 7.11 Å². The third-order valence-corrected chi connectivity index (χ3v) is 4.24. The van der Waals surface area contributed by atoms with E-state index in [1.807, 2.05) is 6.92 Å². The Balaban J connectivity index is 2.41. The minimum atomic E-state index is -1.06. The van der Waals surface area contributed by atoms with Crippen molar-refractivity contribution in [3.8, 4) is 5.75 Å². The third-order valence-electron chi connectivity index (χ3n) is 4.24. The fourth-order valence-electron chi connectivity index (χ4n) is 3.03. The second kappa shape index (κ2) is 4.88. The van der Waals surface area contributed by atoms with Crippen LogP contribution >= 0.6 is 0 Å². The van der Waals surface area contributed by atoms with E-state index in [0.717, 1.165) is 12.8 Å². The van der Waals surface area contributed by atoms with E-state index < -0.39 is 11.4 Å². The molecule has 2 rings (SSSR count). The second-order valence-electron chi connectivity index (χ2n) is 5.53. The lowest BCUT2D eigenvalue weighted by molar-refractivity contribution is -0.0615. The Kier molecular flexibility index (Phi) is 3.62. The summed E-state index contributed by atoms with van der Waals surface area (Å²) in [6, 6.07) is 4.99. The topological polar surface area (TPSA) is 29.5 Å². The number of aliphatic hydroxyl groups is 1. The normalized spacial score (nSPS) is 32.3. The molecule has 0 radical (unpaired) electrons. The van der Waals surface area contributed by atoms with Gasteiger partial charge in [-0.1, -0.05) is 26.0 Å². The zero-order chi connectivity index (χ0) is 13.3. The Morgan fingerprint density at radius 3 is 2.72 bits per heavy atom. The van der Waals surface area contributed by atoms with E-state index in [-0.39, 0.29) is 11.7 Å². The molecule has 0 saturated heterocycles. The lowest BCUT2D eigenvalue weighted by Crippen LogP contribution is -2.39. The molecule has 0 aliphatic heterocycles. The molecule has 1 fully saturated rings. The van der Waals surface area contributed by atoms with Gasteiger partial charge in [-0.15, -0.1) is 0 Å². The maximum Gasteiger partial charge on any atom is 0.171 e. The van der Waals surface area contributed by atoms with Crippen molar-refractivity contribution in [2.45, 2.75) is 38.7 Å². The Labute approximate surface area is 108 Å². The zero-order valence-corrected chi connectivity index (χ0v) is 11.2. The zero-order valence-electron chi connectivity index (χ0n) is 11.2. The maximum absolute atomic E-state index is 14.3. The monoisotopic (exact) mass is 252 g/mol. The van der Waals surface area contributed by atoms with E-state index >= 15 is 0 Å². The molecule has 1 N–H and O–H groups in total. The number of benzene rings is 1. The van der Waals surface area contributed by atoms with E-state index in [2.05, 4.69) is 6.92 Å². The highest BCUT2D eigenvalue weighted by Crippen LogP contribution is 2.45. The average molecular weight is 252 g/mol. The average Bonchev–Trinajstić information content (AvgIpc) is 2.35. The van der Waals surface area contributed by atoms with Crippen LogP contribution in [0.1, 0.15) is 38.7 Å². The first-order valence-corrected chi connectivity index (χ1v) is 6.54.